The molecule has 4 nitrogen and oxygen atoms in total. The molecule has 2 aromatic rings. The van der Waals surface area contributed by atoms with Gasteiger partial charge in [0.1, 0.15) is 11.6 Å². The van der Waals surface area contributed by atoms with Crippen LogP contribution in [0.3, 0.4) is 0 Å². The highest BCUT2D eigenvalue weighted by atomic mass is 35.5. The molecule has 5 heteroatoms. The Balaban J connectivity index is 1.90. The molecule has 0 amide bonds. The zero-order valence-electron chi connectivity index (χ0n) is 10.2. The van der Waals surface area contributed by atoms with Crippen LogP contribution in [-0.4, -0.2) is 9.97 Å². The first-order chi connectivity index (χ1) is 8.65. The van der Waals surface area contributed by atoms with Crippen molar-refractivity contribution >= 4 is 17.4 Å². The fourth-order valence-corrected chi connectivity index (χ4v) is 1.72. The summed E-state index contributed by atoms with van der Waals surface area (Å²) < 4.78 is 0. The van der Waals surface area contributed by atoms with Gasteiger partial charge in [-0.2, -0.15) is 0 Å². The third-order valence-electron chi connectivity index (χ3n) is 2.58. The van der Waals surface area contributed by atoms with Crippen molar-refractivity contribution in [1.82, 2.24) is 15.3 Å². The normalized spacial score (nSPS) is 10.6. The van der Waals surface area contributed by atoms with Crippen molar-refractivity contribution in [3.8, 4) is 0 Å². The Kier molecular flexibility index (Phi) is 4.12. The summed E-state index contributed by atoms with van der Waals surface area (Å²) in [6.45, 7) is 3.22. The average molecular weight is 263 g/mol. The number of nitrogens with zero attached hydrogens (tertiary/aromatic N) is 2. The van der Waals surface area contributed by atoms with E-state index >= 15 is 0 Å². The Morgan fingerprint density at radius 3 is 2.61 bits per heavy atom. The van der Waals surface area contributed by atoms with Gasteiger partial charge < -0.3 is 11.1 Å². The summed E-state index contributed by atoms with van der Waals surface area (Å²) in [4.78, 5) is 8.25. The zero-order chi connectivity index (χ0) is 13.0. The van der Waals surface area contributed by atoms with Gasteiger partial charge in [0, 0.05) is 29.9 Å². The number of halogens is 1. The molecule has 3 N–H and O–H groups in total. The lowest BCUT2D eigenvalue weighted by Crippen LogP contribution is -2.15. The number of hydrogen-bond donors (Lipinski definition) is 2. The lowest BCUT2D eigenvalue weighted by atomic mass is 10.2. The Morgan fingerprint density at radius 2 is 1.94 bits per heavy atom. The lowest BCUT2D eigenvalue weighted by molar-refractivity contribution is 0.689. The minimum Gasteiger partial charge on any atom is -0.383 e. The second kappa shape index (κ2) is 5.80. The van der Waals surface area contributed by atoms with Gasteiger partial charge in [0.15, 0.2) is 0 Å². The molecule has 2 rings (SSSR count). The van der Waals surface area contributed by atoms with Crippen LogP contribution in [0.25, 0.3) is 0 Å². The van der Waals surface area contributed by atoms with Crippen LogP contribution < -0.4 is 11.1 Å². The van der Waals surface area contributed by atoms with E-state index in [2.05, 4.69) is 15.3 Å². The van der Waals surface area contributed by atoms with E-state index in [0.717, 1.165) is 17.1 Å². The van der Waals surface area contributed by atoms with E-state index in [1.165, 1.54) is 5.56 Å². The maximum absolute atomic E-state index is 5.82. The second-order valence-electron chi connectivity index (χ2n) is 4.06. The molecule has 0 spiro atoms. The van der Waals surface area contributed by atoms with E-state index in [-0.39, 0.29) is 0 Å². The largest absolute Gasteiger partial charge is 0.383 e. The predicted octanol–water partition coefficient (Wildman–Crippen LogP) is 2.31. The molecule has 94 valence electrons. The van der Waals surface area contributed by atoms with Gasteiger partial charge in [-0.1, -0.05) is 23.7 Å². The molecule has 0 aliphatic heterocycles. The van der Waals surface area contributed by atoms with Crippen LogP contribution in [0.2, 0.25) is 5.02 Å². The molecule has 1 heterocycles. The SMILES string of the molecule is Cc1ncc(CNCc2ccc(Cl)cc2)c(N)n1. The fraction of sp³-hybridized carbons (Fsp3) is 0.231. The van der Waals surface area contributed by atoms with Crippen LogP contribution in [-0.2, 0) is 13.1 Å². The molecular weight excluding hydrogens is 248 g/mol. The molecule has 0 aliphatic carbocycles. The molecule has 0 unspecified atom stereocenters. The topological polar surface area (TPSA) is 63.8 Å². The number of benzene rings is 1. The quantitative estimate of drug-likeness (QED) is 0.888. The van der Waals surface area contributed by atoms with Gasteiger partial charge in [-0.15, -0.1) is 0 Å². The third-order valence-corrected chi connectivity index (χ3v) is 2.83. The van der Waals surface area contributed by atoms with Crippen LogP contribution in [0.5, 0.6) is 0 Å². The smallest absolute Gasteiger partial charge is 0.131 e. The first-order valence-electron chi connectivity index (χ1n) is 5.68. The van der Waals surface area contributed by atoms with Crippen LogP contribution in [0.15, 0.2) is 30.5 Å². The van der Waals surface area contributed by atoms with Gasteiger partial charge in [0.05, 0.1) is 0 Å². The summed E-state index contributed by atoms with van der Waals surface area (Å²) in [7, 11) is 0. The van der Waals surface area contributed by atoms with E-state index in [1.54, 1.807) is 6.20 Å². The summed E-state index contributed by atoms with van der Waals surface area (Å²) in [6, 6.07) is 7.73. The highest BCUT2D eigenvalue weighted by Gasteiger charge is 2.01. The molecule has 1 aromatic carbocycles. The number of anilines is 1. The number of nitrogen functional groups attached to an aromatic ring is 1. The zero-order valence-corrected chi connectivity index (χ0v) is 10.9. The van der Waals surface area contributed by atoms with Crippen LogP contribution in [0.1, 0.15) is 17.0 Å². The Bertz CT molecular complexity index is 525. The molecule has 18 heavy (non-hydrogen) atoms. The maximum Gasteiger partial charge on any atom is 0.131 e. The van der Waals surface area contributed by atoms with E-state index in [0.29, 0.717) is 18.2 Å². The Hall–Kier alpha value is -1.65. The second-order valence-corrected chi connectivity index (χ2v) is 4.49. The molecule has 0 aliphatic rings. The Labute approximate surface area is 111 Å². The highest BCUT2D eigenvalue weighted by Crippen LogP contribution is 2.10. The average Bonchev–Trinajstić information content (AvgIpc) is 2.34. The number of nitrogens with two attached hydrogens (primary N) is 1. The lowest BCUT2D eigenvalue weighted by Gasteiger charge is -2.07. The van der Waals surface area contributed by atoms with Crippen molar-refractivity contribution in [2.45, 2.75) is 20.0 Å². The predicted molar refractivity (Wildman–Crippen MR) is 73.2 cm³/mol. The number of hydrogen-bond acceptors (Lipinski definition) is 4. The Morgan fingerprint density at radius 1 is 1.22 bits per heavy atom. The molecule has 0 fully saturated rings. The molecule has 0 saturated carbocycles. The molecular formula is C13H15ClN4. The van der Waals surface area contributed by atoms with Gasteiger partial charge >= 0.3 is 0 Å². The van der Waals surface area contributed by atoms with Gasteiger partial charge in [0.25, 0.3) is 0 Å². The summed E-state index contributed by atoms with van der Waals surface area (Å²) in [6.07, 6.45) is 1.76. The molecule has 0 saturated heterocycles. The van der Waals surface area contributed by atoms with Crippen molar-refractivity contribution in [3.63, 3.8) is 0 Å². The van der Waals surface area contributed by atoms with Crippen molar-refractivity contribution < 1.29 is 0 Å². The van der Waals surface area contributed by atoms with Crippen LogP contribution in [0, 0.1) is 6.92 Å². The summed E-state index contributed by atoms with van der Waals surface area (Å²) in [5.41, 5.74) is 7.90. The van der Waals surface area contributed by atoms with E-state index < -0.39 is 0 Å². The first kappa shape index (κ1) is 12.8. The van der Waals surface area contributed by atoms with E-state index in [4.69, 9.17) is 17.3 Å². The fourth-order valence-electron chi connectivity index (χ4n) is 1.59. The summed E-state index contributed by atoms with van der Waals surface area (Å²) in [5.74, 6) is 1.22. The molecule has 0 bridgehead atoms. The maximum atomic E-state index is 5.82. The van der Waals surface area contributed by atoms with Crippen molar-refractivity contribution in [2.75, 3.05) is 5.73 Å². The monoisotopic (exact) mass is 262 g/mol. The summed E-state index contributed by atoms with van der Waals surface area (Å²) >= 11 is 5.82. The number of nitrogens with one attached hydrogen (secondary N) is 1. The number of aromatic nitrogens is 2. The highest BCUT2D eigenvalue weighted by molar-refractivity contribution is 6.30. The number of rotatable bonds is 4. The van der Waals surface area contributed by atoms with Crippen molar-refractivity contribution in [1.29, 1.82) is 0 Å². The number of aryl methyl sites for hydroxylation is 1. The van der Waals surface area contributed by atoms with E-state index in [9.17, 15) is 0 Å². The van der Waals surface area contributed by atoms with Crippen LogP contribution >= 0.6 is 11.6 Å². The minimum atomic E-state index is 0.533. The first-order valence-corrected chi connectivity index (χ1v) is 6.06. The standard InChI is InChI=1S/C13H15ClN4/c1-9-17-8-11(13(15)18-9)7-16-6-10-2-4-12(14)5-3-10/h2-5,8,16H,6-7H2,1H3,(H2,15,17,18). The third kappa shape index (κ3) is 3.42. The van der Waals surface area contributed by atoms with Crippen LogP contribution in [0.4, 0.5) is 5.82 Å². The minimum absolute atomic E-state index is 0.533. The van der Waals surface area contributed by atoms with Crippen molar-refractivity contribution in [2.24, 2.45) is 0 Å². The van der Waals surface area contributed by atoms with Gasteiger partial charge in [0.2, 0.25) is 0 Å². The van der Waals surface area contributed by atoms with Gasteiger partial charge in [-0.25, -0.2) is 9.97 Å². The van der Waals surface area contributed by atoms with E-state index in [1.807, 2.05) is 31.2 Å². The summed E-state index contributed by atoms with van der Waals surface area (Å²) in [5, 5.41) is 4.04. The van der Waals surface area contributed by atoms with Gasteiger partial charge in [-0.05, 0) is 24.6 Å². The van der Waals surface area contributed by atoms with Gasteiger partial charge in [-0.3, -0.25) is 0 Å². The molecule has 1 aromatic heterocycles. The molecule has 0 atom stereocenters. The van der Waals surface area contributed by atoms with Crippen molar-refractivity contribution in [3.05, 3.63) is 52.4 Å². The molecule has 0 radical (unpaired) electrons.